The maximum atomic E-state index is 13.2. The van der Waals surface area contributed by atoms with Crippen molar-refractivity contribution >= 4 is 17.5 Å². The molecule has 0 aliphatic carbocycles. The third-order valence-corrected chi connectivity index (χ3v) is 7.28. The molecular formula is C30H37ClN4O2. The van der Waals surface area contributed by atoms with E-state index in [1.165, 1.54) is 5.56 Å². The molecule has 196 valence electrons. The number of allylic oxidation sites excluding steroid dienone is 2. The van der Waals surface area contributed by atoms with Crippen molar-refractivity contribution in [2.75, 3.05) is 45.8 Å². The van der Waals surface area contributed by atoms with Gasteiger partial charge in [0.25, 0.3) is 0 Å². The summed E-state index contributed by atoms with van der Waals surface area (Å²) < 4.78 is 5.98. The fourth-order valence-electron chi connectivity index (χ4n) is 5.02. The molecular weight excluding hydrogens is 484 g/mol. The summed E-state index contributed by atoms with van der Waals surface area (Å²) in [4.78, 5) is 20.1. The number of piperazine rings is 1. The molecule has 2 saturated heterocycles. The Kier molecular flexibility index (Phi) is 9.83. The molecule has 0 saturated carbocycles. The summed E-state index contributed by atoms with van der Waals surface area (Å²) in [6, 6.07) is 15.6. The van der Waals surface area contributed by atoms with Gasteiger partial charge in [-0.1, -0.05) is 42.5 Å². The average molecular weight is 521 g/mol. The van der Waals surface area contributed by atoms with Crippen molar-refractivity contribution in [1.29, 1.82) is 0 Å². The lowest BCUT2D eigenvalue weighted by Crippen LogP contribution is -2.51. The molecule has 0 aromatic heterocycles. The predicted molar refractivity (Wildman–Crippen MR) is 151 cm³/mol. The molecule has 4 rings (SSSR count). The zero-order valence-corrected chi connectivity index (χ0v) is 22.2. The highest BCUT2D eigenvalue weighted by molar-refractivity contribution is 6.30. The van der Waals surface area contributed by atoms with E-state index in [9.17, 15) is 4.79 Å². The number of carbonyl (C=O) groups is 1. The third-order valence-electron chi connectivity index (χ3n) is 7.02. The Hall–Kier alpha value is -3.06. The van der Waals surface area contributed by atoms with E-state index in [0.29, 0.717) is 10.9 Å². The highest BCUT2D eigenvalue weighted by Gasteiger charge is 2.30. The van der Waals surface area contributed by atoms with E-state index in [4.69, 9.17) is 22.1 Å². The lowest BCUT2D eigenvalue weighted by Gasteiger charge is -2.38. The van der Waals surface area contributed by atoms with Crippen molar-refractivity contribution in [3.8, 4) is 11.5 Å². The van der Waals surface area contributed by atoms with Gasteiger partial charge in [0.05, 0.1) is 0 Å². The number of ether oxygens (including phenoxy) is 1. The predicted octanol–water partition coefficient (Wildman–Crippen LogP) is 5.07. The van der Waals surface area contributed by atoms with Crippen LogP contribution in [0.5, 0.6) is 11.5 Å². The Morgan fingerprint density at radius 1 is 1.00 bits per heavy atom. The topological polar surface area (TPSA) is 62.0 Å². The van der Waals surface area contributed by atoms with Crippen LogP contribution in [0.3, 0.4) is 0 Å². The van der Waals surface area contributed by atoms with Crippen LogP contribution in [-0.2, 0) is 11.3 Å². The molecule has 2 aliphatic heterocycles. The Morgan fingerprint density at radius 3 is 2.41 bits per heavy atom. The van der Waals surface area contributed by atoms with E-state index >= 15 is 0 Å². The lowest BCUT2D eigenvalue weighted by molar-refractivity contribution is -0.138. The standard InChI is InChI=1S/C30H37ClN4O2/c1-2-4-24(11-14-32)22-33-15-12-26(13-16-33)30(36)35-19-17-34(18-20-35)23-25-5-3-6-29(21-25)37-28-9-7-27(31)8-10-28/h2-11,14,21,26H,1,12-13,15-20,22-23,32H2/b14-11-,24-4+. The van der Waals surface area contributed by atoms with E-state index in [-0.39, 0.29) is 5.92 Å². The van der Waals surface area contributed by atoms with E-state index in [1.807, 2.05) is 48.6 Å². The average Bonchev–Trinajstić information content (AvgIpc) is 2.91. The molecule has 0 atom stereocenters. The number of amides is 1. The summed E-state index contributed by atoms with van der Waals surface area (Å²) in [7, 11) is 0. The molecule has 0 bridgehead atoms. The van der Waals surface area contributed by atoms with Crippen molar-refractivity contribution in [2.24, 2.45) is 11.7 Å². The van der Waals surface area contributed by atoms with E-state index in [1.54, 1.807) is 12.3 Å². The molecule has 2 fully saturated rings. The number of piperidine rings is 1. The second-order valence-electron chi connectivity index (χ2n) is 9.69. The Bertz CT molecular complexity index is 1100. The van der Waals surface area contributed by atoms with Crippen molar-refractivity contribution in [2.45, 2.75) is 19.4 Å². The summed E-state index contributed by atoms with van der Waals surface area (Å²) in [6.45, 7) is 10.7. The summed E-state index contributed by atoms with van der Waals surface area (Å²) in [5, 5.41) is 0.690. The van der Waals surface area contributed by atoms with Crippen LogP contribution in [0.2, 0.25) is 5.02 Å². The molecule has 0 unspecified atom stereocenters. The molecule has 2 heterocycles. The molecule has 2 aromatic rings. The van der Waals surface area contributed by atoms with Gasteiger partial charge < -0.3 is 15.4 Å². The van der Waals surface area contributed by atoms with Crippen LogP contribution in [0.1, 0.15) is 18.4 Å². The van der Waals surface area contributed by atoms with Crippen LogP contribution in [0.4, 0.5) is 0 Å². The van der Waals surface area contributed by atoms with Crippen molar-refractivity contribution in [3.63, 3.8) is 0 Å². The molecule has 0 radical (unpaired) electrons. The van der Waals surface area contributed by atoms with Gasteiger partial charge in [-0.2, -0.15) is 0 Å². The minimum atomic E-state index is 0.126. The van der Waals surface area contributed by atoms with E-state index in [2.05, 4.69) is 33.4 Å². The number of hydrogen-bond acceptors (Lipinski definition) is 5. The van der Waals surface area contributed by atoms with E-state index in [0.717, 1.165) is 82.3 Å². The quantitative estimate of drug-likeness (QED) is 0.467. The maximum absolute atomic E-state index is 13.2. The Balaban J connectivity index is 1.22. The number of hydrogen-bond donors (Lipinski definition) is 1. The molecule has 2 aliphatic rings. The van der Waals surface area contributed by atoms with Crippen molar-refractivity contribution in [1.82, 2.24) is 14.7 Å². The molecule has 7 heteroatoms. The SMILES string of the molecule is C=C/C=C(\C=C/N)CN1CCC(C(=O)N2CCN(Cc3cccc(Oc4ccc(Cl)cc4)c3)CC2)CC1. The van der Waals surface area contributed by atoms with Crippen LogP contribution in [0, 0.1) is 5.92 Å². The zero-order valence-electron chi connectivity index (χ0n) is 21.4. The minimum Gasteiger partial charge on any atom is -0.457 e. The molecule has 0 spiro atoms. The Labute approximate surface area is 225 Å². The van der Waals surface area contributed by atoms with Crippen LogP contribution in [0.15, 0.2) is 85.1 Å². The zero-order chi connectivity index (χ0) is 26.0. The number of benzene rings is 2. The van der Waals surface area contributed by atoms with Gasteiger partial charge >= 0.3 is 0 Å². The van der Waals surface area contributed by atoms with Gasteiger partial charge in [0, 0.05) is 50.2 Å². The highest BCUT2D eigenvalue weighted by Crippen LogP contribution is 2.25. The van der Waals surface area contributed by atoms with Gasteiger partial charge in [-0.05, 0) is 85.7 Å². The van der Waals surface area contributed by atoms with Crippen LogP contribution in [-0.4, -0.2) is 66.4 Å². The minimum absolute atomic E-state index is 0.126. The fraction of sp³-hybridized carbons (Fsp3) is 0.367. The summed E-state index contributed by atoms with van der Waals surface area (Å²) in [5.41, 5.74) is 7.91. The van der Waals surface area contributed by atoms with Crippen molar-refractivity contribution in [3.05, 3.63) is 95.7 Å². The van der Waals surface area contributed by atoms with Gasteiger partial charge in [0.15, 0.2) is 0 Å². The van der Waals surface area contributed by atoms with Gasteiger partial charge in [-0.15, -0.1) is 0 Å². The monoisotopic (exact) mass is 520 g/mol. The second-order valence-corrected chi connectivity index (χ2v) is 10.1. The lowest BCUT2D eigenvalue weighted by atomic mass is 9.94. The van der Waals surface area contributed by atoms with Crippen molar-refractivity contribution < 1.29 is 9.53 Å². The van der Waals surface area contributed by atoms with Crippen LogP contribution >= 0.6 is 11.6 Å². The third kappa shape index (κ3) is 7.96. The number of halogens is 1. The normalized spacial score (nSPS) is 18.3. The number of nitrogens with zero attached hydrogens (tertiary/aromatic N) is 3. The molecule has 2 N–H and O–H groups in total. The fourth-order valence-corrected chi connectivity index (χ4v) is 5.15. The van der Waals surface area contributed by atoms with E-state index < -0.39 is 0 Å². The molecule has 1 amide bonds. The molecule has 37 heavy (non-hydrogen) atoms. The first-order valence-electron chi connectivity index (χ1n) is 13.0. The number of likely N-dealkylation sites (tertiary alicyclic amines) is 1. The Morgan fingerprint density at radius 2 is 1.73 bits per heavy atom. The van der Waals surface area contributed by atoms with Crippen LogP contribution in [0.25, 0.3) is 0 Å². The molecule has 2 aromatic carbocycles. The number of rotatable bonds is 9. The molecule has 6 nitrogen and oxygen atoms in total. The first kappa shape index (κ1) is 27.0. The largest absolute Gasteiger partial charge is 0.457 e. The van der Waals surface area contributed by atoms with Gasteiger partial charge in [-0.3, -0.25) is 14.6 Å². The number of carbonyl (C=O) groups excluding carboxylic acids is 1. The first-order valence-corrected chi connectivity index (χ1v) is 13.4. The van der Waals surface area contributed by atoms with Gasteiger partial charge in [-0.25, -0.2) is 0 Å². The highest BCUT2D eigenvalue weighted by atomic mass is 35.5. The summed E-state index contributed by atoms with van der Waals surface area (Å²) in [6.07, 6.45) is 9.08. The van der Waals surface area contributed by atoms with Gasteiger partial charge in [0.1, 0.15) is 11.5 Å². The summed E-state index contributed by atoms with van der Waals surface area (Å²) in [5.74, 6) is 2.02. The smallest absolute Gasteiger partial charge is 0.225 e. The second kappa shape index (κ2) is 13.5. The first-order chi connectivity index (χ1) is 18.0. The summed E-state index contributed by atoms with van der Waals surface area (Å²) >= 11 is 5.97. The maximum Gasteiger partial charge on any atom is 0.225 e. The number of nitrogens with two attached hydrogens (primary N) is 1. The van der Waals surface area contributed by atoms with Gasteiger partial charge in [0.2, 0.25) is 5.91 Å². The van der Waals surface area contributed by atoms with Crippen LogP contribution < -0.4 is 10.5 Å².